The molecule has 0 saturated heterocycles. The fourth-order valence-corrected chi connectivity index (χ4v) is 7.05. The third-order valence-corrected chi connectivity index (χ3v) is 8.75. The number of anilines is 1. The number of rotatable bonds is 10. The molecule has 10 heteroatoms. The maximum atomic E-state index is 12.8. The maximum absolute atomic E-state index is 12.8. The number of amides is 1. The molecular formula is C24H28N4O3S3. The van der Waals surface area contributed by atoms with Crippen molar-refractivity contribution in [2.24, 2.45) is 0 Å². The summed E-state index contributed by atoms with van der Waals surface area (Å²) in [6.45, 7) is 6.58. The molecule has 0 bridgehead atoms. The van der Waals surface area contributed by atoms with Crippen LogP contribution in [0.5, 0.6) is 0 Å². The molecule has 1 aliphatic carbocycles. The van der Waals surface area contributed by atoms with E-state index in [1.165, 1.54) is 40.0 Å². The average molecular weight is 517 g/mol. The minimum Gasteiger partial charge on any atom is -0.465 e. The number of methoxy groups -OCH3 is 1. The number of carbonyl (C=O) groups excluding carboxylic acids is 2. The summed E-state index contributed by atoms with van der Waals surface area (Å²) in [5, 5.41) is 15.0. The number of ether oxygens (including phenoxy) is 1. The fraction of sp³-hybridized carbons (Fsp3) is 0.417. The maximum Gasteiger partial charge on any atom is 0.341 e. The smallest absolute Gasteiger partial charge is 0.341 e. The second kappa shape index (κ2) is 11.3. The molecule has 0 fully saturated rings. The number of aryl methyl sites for hydroxylation is 2. The zero-order valence-electron chi connectivity index (χ0n) is 19.4. The summed E-state index contributed by atoms with van der Waals surface area (Å²) in [4.78, 5) is 27.7. The molecule has 7 nitrogen and oxygen atoms in total. The highest BCUT2D eigenvalue weighted by molar-refractivity contribution is 7.99. The summed E-state index contributed by atoms with van der Waals surface area (Å²) in [7, 11) is 1.37. The van der Waals surface area contributed by atoms with Gasteiger partial charge in [-0.25, -0.2) is 4.79 Å². The van der Waals surface area contributed by atoms with Gasteiger partial charge in [0.25, 0.3) is 0 Å². The Hall–Kier alpha value is -2.43. The zero-order chi connectivity index (χ0) is 24.1. The molecule has 1 amide bonds. The van der Waals surface area contributed by atoms with E-state index < -0.39 is 5.97 Å². The van der Waals surface area contributed by atoms with Crippen molar-refractivity contribution in [3.63, 3.8) is 0 Å². The SMILES string of the molecule is C=CCn1c(SCC(=O)Nc2sc3c(c2C(=O)OC)CCCC3)nnc1-c1csc(CCC)c1. The van der Waals surface area contributed by atoms with Crippen molar-refractivity contribution in [3.05, 3.63) is 45.0 Å². The van der Waals surface area contributed by atoms with Crippen LogP contribution in [-0.4, -0.2) is 39.5 Å². The number of fused-ring (bicyclic) bond motifs is 1. The van der Waals surface area contributed by atoms with E-state index in [0.29, 0.717) is 22.3 Å². The number of thioether (sulfide) groups is 1. The molecular weight excluding hydrogens is 488 g/mol. The van der Waals surface area contributed by atoms with Gasteiger partial charge in [-0.1, -0.05) is 31.2 Å². The van der Waals surface area contributed by atoms with Gasteiger partial charge in [0.15, 0.2) is 11.0 Å². The molecule has 3 aromatic rings. The van der Waals surface area contributed by atoms with Crippen molar-refractivity contribution in [1.29, 1.82) is 0 Å². The van der Waals surface area contributed by atoms with Crippen LogP contribution in [0.25, 0.3) is 11.4 Å². The van der Waals surface area contributed by atoms with Gasteiger partial charge in [-0.3, -0.25) is 9.36 Å². The molecule has 4 rings (SSSR count). The van der Waals surface area contributed by atoms with Gasteiger partial charge in [-0.15, -0.1) is 39.4 Å². The number of hydrogen-bond donors (Lipinski definition) is 1. The van der Waals surface area contributed by atoms with Crippen LogP contribution in [-0.2, 0) is 35.3 Å². The Morgan fingerprint density at radius 1 is 1.32 bits per heavy atom. The van der Waals surface area contributed by atoms with Crippen LogP contribution in [0.1, 0.15) is 51.9 Å². The lowest BCUT2D eigenvalue weighted by Gasteiger charge is -2.11. The highest BCUT2D eigenvalue weighted by Gasteiger charge is 2.27. The number of aromatic nitrogens is 3. The highest BCUT2D eigenvalue weighted by Crippen LogP contribution is 2.38. The number of esters is 1. The number of allylic oxidation sites excluding steroid dienone is 1. The van der Waals surface area contributed by atoms with Gasteiger partial charge in [0.05, 0.1) is 18.4 Å². The van der Waals surface area contributed by atoms with Gasteiger partial charge in [0.1, 0.15) is 5.00 Å². The lowest BCUT2D eigenvalue weighted by molar-refractivity contribution is -0.113. The minimum absolute atomic E-state index is 0.156. The molecule has 3 aromatic heterocycles. The Morgan fingerprint density at radius 2 is 2.15 bits per heavy atom. The first kappa shape index (κ1) is 24.7. The number of thiophene rings is 2. The molecule has 0 spiro atoms. The minimum atomic E-state index is -0.393. The van der Waals surface area contributed by atoms with E-state index in [-0.39, 0.29) is 11.7 Å². The summed E-state index contributed by atoms with van der Waals surface area (Å²) in [5.74, 6) is 0.351. The van der Waals surface area contributed by atoms with Crippen molar-refractivity contribution in [2.75, 3.05) is 18.2 Å². The topological polar surface area (TPSA) is 86.1 Å². The van der Waals surface area contributed by atoms with Gasteiger partial charge in [-0.05, 0) is 43.7 Å². The number of hydrogen-bond acceptors (Lipinski definition) is 8. The standard InChI is InChI=1S/C24H28N4O3S3/c1-4-8-16-12-15(13-32-16)21-26-27-24(28(21)11-5-2)33-14-19(29)25-22-20(23(30)31-3)17-9-6-7-10-18(17)34-22/h5,12-13H,2,4,6-11,14H2,1,3H3,(H,25,29). The summed E-state index contributed by atoms with van der Waals surface area (Å²) < 4.78 is 6.98. The third kappa shape index (κ3) is 5.29. The van der Waals surface area contributed by atoms with Gasteiger partial charge >= 0.3 is 5.97 Å². The molecule has 0 aliphatic heterocycles. The van der Waals surface area contributed by atoms with E-state index in [9.17, 15) is 9.59 Å². The number of nitrogens with one attached hydrogen (secondary N) is 1. The second-order valence-electron chi connectivity index (χ2n) is 8.00. The predicted octanol–water partition coefficient (Wildman–Crippen LogP) is 5.60. The van der Waals surface area contributed by atoms with Crippen molar-refractivity contribution in [3.8, 4) is 11.4 Å². The molecule has 0 atom stereocenters. The van der Waals surface area contributed by atoms with Crippen LogP contribution >= 0.6 is 34.4 Å². The van der Waals surface area contributed by atoms with E-state index in [0.717, 1.165) is 55.5 Å². The van der Waals surface area contributed by atoms with Crippen LogP contribution in [0, 0.1) is 0 Å². The van der Waals surface area contributed by atoms with Crippen LogP contribution in [0.3, 0.4) is 0 Å². The Labute approximate surface area is 211 Å². The highest BCUT2D eigenvalue weighted by atomic mass is 32.2. The molecule has 3 heterocycles. The molecule has 1 N–H and O–H groups in total. The first-order valence-electron chi connectivity index (χ1n) is 11.3. The Morgan fingerprint density at radius 3 is 2.91 bits per heavy atom. The summed E-state index contributed by atoms with van der Waals surface area (Å²) >= 11 is 4.54. The molecule has 0 unspecified atom stereocenters. The molecule has 0 radical (unpaired) electrons. The first-order valence-corrected chi connectivity index (χ1v) is 14.0. The summed E-state index contributed by atoms with van der Waals surface area (Å²) in [5.41, 5.74) is 2.57. The van der Waals surface area contributed by atoms with E-state index in [4.69, 9.17) is 4.74 Å². The largest absolute Gasteiger partial charge is 0.465 e. The van der Waals surface area contributed by atoms with Crippen LogP contribution in [0.15, 0.2) is 29.3 Å². The number of nitrogens with zero attached hydrogens (tertiary/aromatic N) is 3. The fourth-order valence-electron chi connectivity index (χ4n) is 4.04. The van der Waals surface area contributed by atoms with E-state index >= 15 is 0 Å². The average Bonchev–Trinajstić information content (AvgIpc) is 3.54. The van der Waals surface area contributed by atoms with Crippen molar-refractivity contribution in [2.45, 2.75) is 57.1 Å². The lowest BCUT2D eigenvalue weighted by Crippen LogP contribution is -2.17. The zero-order valence-corrected chi connectivity index (χ0v) is 21.8. The molecule has 1 aliphatic rings. The summed E-state index contributed by atoms with van der Waals surface area (Å²) in [6.07, 6.45) is 7.86. The molecule has 0 saturated carbocycles. The molecule has 34 heavy (non-hydrogen) atoms. The van der Waals surface area contributed by atoms with Gasteiger partial charge < -0.3 is 10.1 Å². The van der Waals surface area contributed by atoms with Crippen LogP contribution in [0.4, 0.5) is 5.00 Å². The molecule has 0 aromatic carbocycles. The van der Waals surface area contributed by atoms with Crippen LogP contribution in [0.2, 0.25) is 0 Å². The van der Waals surface area contributed by atoms with E-state index in [1.807, 2.05) is 4.57 Å². The van der Waals surface area contributed by atoms with Crippen molar-refractivity contribution < 1.29 is 14.3 Å². The van der Waals surface area contributed by atoms with Crippen LogP contribution < -0.4 is 5.32 Å². The van der Waals surface area contributed by atoms with Gasteiger partial charge in [0, 0.05) is 27.2 Å². The van der Waals surface area contributed by atoms with Crippen molar-refractivity contribution in [1.82, 2.24) is 14.8 Å². The van der Waals surface area contributed by atoms with E-state index in [1.54, 1.807) is 17.4 Å². The number of carbonyl (C=O) groups is 2. The van der Waals surface area contributed by atoms with Gasteiger partial charge in [-0.2, -0.15) is 0 Å². The lowest BCUT2D eigenvalue weighted by atomic mass is 9.95. The normalized spacial score (nSPS) is 12.9. The Bertz CT molecular complexity index is 1190. The predicted molar refractivity (Wildman–Crippen MR) is 139 cm³/mol. The van der Waals surface area contributed by atoms with Crippen molar-refractivity contribution >= 4 is 51.3 Å². The Balaban J connectivity index is 1.48. The Kier molecular flexibility index (Phi) is 8.23. The summed E-state index contributed by atoms with van der Waals surface area (Å²) in [6, 6.07) is 2.16. The monoisotopic (exact) mass is 516 g/mol. The second-order valence-corrected chi connectivity index (χ2v) is 11.0. The first-order chi connectivity index (χ1) is 16.5. The third-order valence-electron chi connectivity index (χ3n) is 5.58. The van der Waals surface area contributed by atoms with Gasteiger partial charge in [0.2, 0.25) is 5.91 Å². The van der Waals surface area contributed by atoms with E-state index in [2.05, 4.69) is 40.5 Å². The molecule has 180 valence electrons. The quantitative estimate of drug-likeness (QED) is 0.214.